The van der Waals surface area contributed by atoms with E-state index < -0.39 is 0 Å². The van der Waals surface area contributed by atoms with E-state index in [0.717, 1.165) is 12.3 Å². The quantitative estimate of drug-likeness (QED) is 0.483. The van der Waals surface area contributed by atoms with Gasteiger partial charge in [0.1, 0.15) is 0 Å². The van der Waals surface area contributed by atoms with Crippen molar-refractivity contribution in [3.63, 3.8) is 0 Å². The van der Waals surface area contributed by atoms with Crippen molar-refractivity contribution in [1.82, 2.24) is 10.2 Å². The molecular formula is C12H22N2OS. The Morgan fingerprint density at radius 2 is 1.69 bits per heavy atom. The Labute approximate surface area is 102 Å². The Hall–Kier alpha value is -0.510. The SMILES string of the molecule is CCCCCCCCCc1nnc(SC)o1. The van der Waals surface area contributed by atoms with Crippen LogP contribution in [0.1, 0.15) is 57.8 Å². The van der Waals surface area contributed by atoms with E-state index in [1.165, 1.54) is 56.7 Å². The standard InChI is InChI=1S/C12H22N2OS/c1-3-4-5-6-7-8-9-10-11-13-14-12(15-11)16-2/h3-10H2,1-2H3. The summed E-state index contributed by atoms with van der Waals surface area (Å²) in [4.78, 5) is 0. The molecule has 92 valence electrons. The first-order chi connectivity index (χ1) is 7.86. The Morgan fingerprint density at radius 3 is 2.31 bits per heavy atom. The summed E-state index contributed by atoms with van der Waals surface area (Å²) in [6, 6.07) is 0. The van der Waals surface area contributed by atoms with E-state index in [1.807, 2.05) is 6.26 Å². The normalized spacial score (nSPS) is 10.9. The van der Waals surface area contributed by atoms with Crippen molar-refractivity contribution < 1.29 is 4.42 Å². The van der Waals surface area contributed by atoms with Crippen LogP contribution in [-0.4, -0.2) is 16.5 Å². The molecule has 0 aromatic carbocycles. The molecule has 0 fully saturated rings. The van der Waals surface area contributed by atoms with Crippen LogP contribution in [0.2, 0.25) is 0 Å². The van der Waals surface area contributed by atoms with Gasteiger partial charge in [-0.2, -0.15) is 0 Å². The molecule has 1 aromatic heterocycles. The summed E-state index contributed by atoms with van der Waals surface area (Å²) in [5.41, 5.74) is 0. The average molecular weight is 242 g/mol. The lowest BCUT2D eigenvalue weighted by Gasteiger charge is -1.98. The van der Waals surface area contributed by atoms with E-state index in [-0.39, 0.29) is 0 Å². The molecule has 4 heteroatoms. The van der Waals surface area contributed by atoms with Gasteiger partial charge in [0.25, 0.3) is 5.22 Å². The maximum absolute atomic E-state index is 5.42. The molecule has 0 unspecified atom stereocenters. The van der Waals surface area contributed by atoms with Crippen LogP contribution in [0.5, 0.6) is 0 Å². The highest BCUT2D eigenvalue weighted by atomic mass is 32.2. The second kappa shape index (κ2) is 8.62. The van der Waals surface area contributed by atoms with Crippen LogP contribution in [0.4, 0.5) is 0 Å². The summed E-state index contributed by atoms with van der Waals surface area (Å²) in [7, 11) is 0. The van der Waals surface area contributed by atoms with E-state index in [1.54, 1.807) is 0 Å². The molecule has 0 spiro atoms. The Balaban J connectivity index is 1.98. The smallest absolute Gasteiger partial charge is 0.276 e. The molecule has 0 saturated heterocycles. The summed E-state index contributed by atoms with van der Waals surface area (Å²) in [6.07, 6.45) is 12.1. The second-order valence-electron chi connectivity index (χ2n) is 4.04. The molecule has 0 atom stereocenters. The molecule has 0 saturated carbocycles. The van der Waals surface area contributed by atoms with E-state index in [4.69, 9.17) is 4.42 Å². The van der Waals surface area contributed by atoms with Crippen LogP contribution in [-0.2, 0) is 6.42 Å². The molecule has 16 heavy (non-hydrogen) atoms. The summed E-state index contributed by atoms with van der Waals surface area (Å²) in [5, 5.41) is 8.60. The number of aromatic nitrogens is 2. The van der Waals surface area contributed by atoms with Crippen molar-refractivity contribution in [3.05, 3.63) is 5.89 Å². The van der Waals surface area contributed by atoms with Crippen molar-refractivity contribution in [1.29, 1.82) is 0 Å². The van der Waals surface area contributed by atoms with E-state index in [0.29, 0.717) is 5.22 Å². The fourth-order valence-electron chi connectivity index (χ4n) is 1.66. The van der Waals surface area contributed by atoms with Crippen molar-refractivity contribution >= 4 is 11.8 Å². The number of hydrogen-bond donors (Lipinski definition) is 0. The van der Waals surface area contributed by atoms with Crippen molar-refractivity contribution in [2.24, 2.45) is 0 Å². The highest BCUT2D eigenvalue weighted by Crippen LogP contribution is 2.14. The molecule has 3 nitrogen and oxygen atoms in total. The van der Waals surface area contributed by atoms with Crippen LogP contribution in [0.3, 0.4) is 0 Å². The number of hydrogen-bond acceptors (Lipinski definition) is 4. The van der Waals surface area contributed by atoms with E-state index >= 15 is 0 Å². The minimum Gasteiger partial charge on any atom is -0.416 e. The molecule has 0 aliphatic rings. The van der Waals surface area contributed by atoms with Gasteiger partial charge in [0.05, 0.1) is 0 Å². The number of rotatable bonds is 9. The van der Waals surface area contributed by atoms with Crippen LogP contribution in [0, 0.1) is 0 Å². The maximum Gasteiger partial charge on any atom is 0.276 e. The zero-order valence-electron chi connectivity index (χ0n) is 10.4. The second-order valence-corrected chi connectivity index (χ2v) is 4.79. The van der Waals surface area contributed by atoms with Gasteiger partial charge in [-0.15, -0.1) is 10.2 Å². The van der Waals surface area contributed by atoms with Gasteiger partial charge < -0.3 is 4.42 Å². The number of thioether (sulfide) groups is 1. The molecule has 0 amide bonds. The average Bonchev–Trinajstić information content (AvgIpc) is 2.76. The predicted molar refractivity (Wildman–Crippen MR) is 67.8 cm³/mol. The largest absolute Gasteiger partial charge is 0.416 e. The molecule has 0 bridgehead atoms. The monoisotopic (exact) mass is 242 g/mol. The number of aryl methyl sites for hydroxylation is 1. The molecule has 1 rings (SSSR count). The molecule has 1 heterocycles. The molecule has 0 aliphatic carbocycles. The van der Waals surface area contributed by atoms with Crippen LogP contribution in [0.25, 0.3) is 0 Å². The molecule has 0 radical (unpaired) electrons. The highest BCUT2D eigenvalue weighted by Gasteiger charge is 2.03. The van der Waals surface area contributed by atoms with Crippen LogP contribution in [0.15, 0.2) is 9.64 Å². The van der Waals surface area contributed by atoms with Crippen molar-refractivity contribution in [2.75, 3.05) is 6.26 Å². The molecular weight excluding hydrogens is 220 g/mol. The lowest BCUT2D eigenvalue weighted by molar-refractivity contribution is 0.406. The van der Waals surface area contributed by atoms with Crippen LogP contribution < -0.4 is 0 Å². The Bertz CT molecular complexity index is 276. The third kappa shape index (κ3) is 5.54. The van der Waals surface area contributed by atoms with Gasteiger partial charge in [-0.1, -0.05) is 57.2 Å². The minimum absolute atomic E-state index is 0.679. The van der Waals surface area contributed by atoms with Gasteiger partial charge in [0.15, 0.2) is 0 Å². The molecule has 1 aromatic rings. The topological polar surface area (TPSA) is 38.9 Å². The van der Waals surface area contributed by atoms with Gasteiger partial charge in [-0.3, -0.25) is 0 Å². The van der Waals surface area contributed by atoms with Gasteiger partial charge in [-0.25, -0.2) is 0 Å². The zero-order valence-corrected chi connectivity index (χ0v) is 11.2. The summed E-state index contributed by atoms with van der Waals surface area (Å²) in [6.45, 7) is 2.25. The first kappa shape index (κ1) is 13.6. The fourth-order valence-corrected chi connectivity index (χ4v) is 1.96. The summed E-state index contributed by atoms with van der Waals surface area (Å²) in [5.74, 6) is 0.790. The van der Waals surface area contributed by atoms with E-state index in [2.05, 4.69) is 17.1 Å². The summed E-state index contributed by atoms with van der Waals surface area (Å²) >= 11 is 1.50. The lowest BCUT2D eigenvalue weighted by atomic mass is 10.1. The van der Waals surface area contributed by atoms with Gasteiger partial charge in [0, 0.05) is 6.42 Å². The third-order valence-corrected chi connectivity index (χ3v) is 3.13. The molecule has 0 N–H and O–H groups in total. The Morgan fingerprint density at radius 1 is 1.00 bits per heavy atom. The zero-order chi connectivity index (χ0) is 11.6. The van der Waals surface area contributed by atoms with Crippen molar-refractivity contribution in [2.45, 2.75) is 63.5 Å². The fraction of sp³-hybridized carbons (Fsp3) is 0.833. The van der Waals surface area contributed by atoms with Gasteiger partial charge in [-0.05, 0) is 12.7 Å². The number of nitrogens with zero attached hydrogens (tertiary/aromatic N) is 2. The lowest BCUT2D eigenvalue weighted by Crippen LogP contribution is -1.86. The van der Waals surface area contributed by atoms with Crippen LogP contribution >= 0.6 is 11.8 Å². The first-order valence-electron chi connectivity index (χ1n) is 6.23. The third-order valence-electron chi connectivity index (χ3n) is 2.62. The molecule has 0 aliphatic heterocycles. The first-order valence-corrected chi connectivity index (χ1v) is 7.45. The summed E-state index contributed by atoms with van der Waals surface area (Å²) < 4.78 is 5.42. The minimum atomic E-state index is 0.679. The highest BCUT2D eigenvalue weighted by molar-refractivity contribution is 7.98. The van der Waals surface area contributed by atoms with E-state index in [9.17, 15) is 0 Å². The van der Waals surface area contributed by atoms with Crippen molar-refractivity contribution in [3.8, 4) is 0 Å². The number of unbranched alkanes of at least 4 members (excludes halogenated alkanes) is 6. The van der Waals surface area contributed by atoms with Gasteiger partial charge in [0.2, 0.25) is 5.89 Å². The van der Waals surface area contributed by atoms with Gasteiger partial charge >= 0.3 is 0 Å². The Kier molecular flexibility index (Phi) is 7.30. The maximum atomic E-state index is 5.42. The predicted octanol–water partition coefficient (Wildman–Crippen LogP) is 4.08.